The van der Waals surface area contributed by atoms with Gasteiger partial charge in [-0.3, -0.25) is 14.6 Å². The van der Waals surface area contributed by atoms with Gasteiger partial charge in [-0.2, -0.15) is 0 Å². The van der Waals surface area contributed by atoms with Gasteiger partial charge in [-0.25, -0.2) is 0 Å². The van der Waals surface area contributed by atoms with E-state index in [1.54, 1.807) is 32.2 Å². The number of nitrogens with one attached hydrogen (secondary N) is 1. The van der Waals surface area contributed by atoms with Gasteiger partial charge in [-0.15, -0.1) is 0 Å². The Bertz CT molecular complexity index is 839. The summed E-state index contributed by atoms with van der Waals surface area (Å²) in [5.74, 6) is 0.892. The van der Waals surface area contributed by atoms with Crippen LogP contribution in [0.5, 0.6) is 11.5 Å². The second-order valence-corrected chi connectivity index (χ2v) is 6.71. The first-order valence-electron chi connectivity index (χ1n) is 9.70. The Hall–Kier alpha value is -3.09. The maximum Gasteiger partial charge on any atom is 0.269 e. The third kappa shape index (κ3) is 6.20. The number of aromatic nitrogens is 1. The molecule has 0 radical (unpaired) electrons. The smallest absolute Gasteiger partial charge is 0.269 e. The van der Waals surface area contributed by atoms with Crippen LogP contribution < -0.4 is 14.8 Å². The molecule has 2 aromatic rings. The molecule has 1 heterocycles. The number of nitrogens with zero attached hydrogens (tertiary/aromatic N) is 2. The maximum atomic E-state index is 12.5. The summed E-state index contributed by atoms with van der Waals surface area (Å²) < 4.78 is 10.5. The topological polar surface area (TPSA) is 80.8 Å². The van der Waals surface area contributed by atoms with E-state index in [-0.39, 0.29) is 17.5 Å². The second kappa shape index (κ2) is 11.0. The molecule has 0 saturated heterocycles. The Balaban J connectivity index is 1.95. The van der Waals surface area contributed by atoms with Crippen LogP contribution >= 0.6 is 0 Å². The van der Waals surface area contributed by atoms with Crippen molar-refractivity contribution in [3.63, 3.8) is 0 Å². The van der Waals surface area contributed by atoms with E-state index in [9.17, 15) is 9.59 Å². The van der Waals surface area contributed by atoms with Crippen molar-refractivity contribution >= 4 is 11.8 Å². The minimum atomic E-state index is -0.309. The van der Waals surface area contributed by atoms with Crippen LogP contribution in [0.25, 0.3) is 0 Å². The third-order valence-corrected chi connectivity index (χ3v) is 4.58. The first kappa shape index (κ1) is 22.2. The molecule has 1 N–H and O–H groups in total. The van der Waals surface area contributed by atoms with E-state index >= 15 is 0 Å². The number of benzene rings is 1. The molecule has 1 aromatic heterocycles. The Morgan fingerprint density at radius 3 is 2.55 bits per heavy atom. The maximum absolute atomic E-state index is 12.5. The molecule has 0 saturated carbocycles. The zero-order valence-corrected chi connectivity index (χ0v) is 17.5. The molecule has 0 atom stereocenters. The molecule has 0 aliphatic rings. The first-order chi connectivity index (χ1) is 14.0. The predicted molar refractivity (Wildman–Crippen MR) is 112 cm³/mol. The molecule has 0 fully saturated rings. The van der Waals surface area contributed by atoms with Gasteiger partial charge in [0.05, 0.1) is 14.2 Å². The first-order valence-corrected chi connectivity index (χ1v) is 9.70. The van der Waals surface area contributed by atoms with Crippen LogP contribution in [0.15, 0.2) is 36.5 Å². The highest BCUT2D eigenvalue weighted by Gasteiger charge is 2.15. The van der Waals surface area contributed by atoms with Crippen LogP contribution in [-0.4, -0.2) is 56.1 Å². The number of unbranched alkanes of at least 4 members (excludes halogenated alkanes) is 1. The van der Waals surface area contributed by atoms with Gasteiger partial charge in [-0.1, -0.05) is 19.4 Å². The number of hydrogen-bond acceptors (Lipinski definition) is 5. The Kier molecular flexibility index (Phi) is 8.45. The molecule has 0 aliphatic heterocycles. The Morgan fingerprint density at radius 1 is 1.10 bits per heavy atom. The van der Waals surface area contributed by atoms with E-state index < -0.39 is 0 Å². The van der Waals surface area contributed by atoms with Crippen molar-refractivity contribution in [2.45, 2.75) is 26.2 Å². The lowest BCUT2D eigenvalue weighted by Crippen LogP contribution is -2.29. The minimum absolute atomic E-state index is 0.111. The molecule has 2 rings (SSSR count). The standard InChI is InChI=1S/C22H29N3O4/c1-5-6-13-25(2)22(27)17-10-12-23-18(15-17)21(26)24-11-9-16-7-8-19(28-3)20(14-16)29-4/h7-8,10,12,14-15H,5-6,9,11,13H2,1-4H3,(H,24,26). The molecule has 0 unspecified atom stereocenters. The lowest BCUT2D eigenvalue weighted by Gasteiger charge is -2.17. The number of carbonyl (C=O) groups excluding carboxylic acids is 2. The average Bonchev–Trinajstić information content (AvgIpc) is 2.76. The predicted octanol–water partition coefficient (Wildman–Crippen LogP) is 2.94. The van der Waals surface area contributed by atoms with Gasteiger partial charge in [0.25, 0.3) is 11.8 Å². The fourth-order valence-electron chi connectivity index (χ4n) is 2.85. The van der Waals surface area contributed by atoms with Gasteiger partial charge in [0.2, 0.25) is 0 Å². The monoisotopic (exact) mass is 399 g/mol. The molecule has 0 bridgehead atoms. The van der Waals surface area contributed by atoms with Gasteiger partial charge in [0.1, 0.15) is 5.69 Å². The third-order valence-electron chi connectivity index (χ3n) is 4.58. The van der Waals surface area contributed by atoms with Gasteiger partial charge in [0.15, 0.2) is 11.5 Å². The Labute approximate surface area is 172 Å². The molecular formula is C22H29N3O4. The van der Waals surface area contributed by atoms with Gasteiger partial charge < -0.3 is 19.7 Å². The van der Waals surface area contributed by atoms with E-state index in [0.717, 1.165) is 18.4 Å². The van der Waals surface area contributed by atoms with Crippen LogP contribution in [-0.2, 0) is 6.42 Å². The zero-order chi connectivity index (χ0) is 21.2. The quantitative estimate of drug-likeness (QED) is 0.664. The molecule has 0 aliphatic carbocycles. The number of rotatable bonds is 10. The molecule has 7 nitrogen and oxygen atoms in total. The summed E-state index contributed by atoms with van der Waals surface area (Å²) >= 11 is 0. The number of hydrogen-bond donors (Lipinski definition) is 1. The average molecular weight is 399 g/mol. The van der Waals surface area contributed by atoms with E-state index in [4.69, 9.17) is 9.47 Å². The van der Waals surface area contributed by atoms with Crippen LogP contribution in [0.3, 0.4) is 0 Å². The molecule has 2 amide bonds. The summed E-state index contributed by atoms with van der Waals surface area (Å²) in [7, 11) is 4.94. The number of ether oxygens (including phenoxy) is 2. The highest BCUT2D eigenvalue weighted by Crippen LogP contribution is 2.27. The highest BCUT2D eigenvalue weighted by atomic mass is 16.5. The SMILES string of the molecule is CCCCN(C)C(=O)c1ccnc(C(=O)NCCc2ccc(OC)c(OC)c2)c1. The summed E-state index contributed by atoms with van der Waals surface area (Å²) in [6.45, 7) is 3.20. The van der Waals surface area contributed by atoms with Crippen LogP contribution in [0.1, 0.15) is 46.2 Å². The van der Waals surface area contributed by atoms with Crippen LogP contribution in [0.4, 0.5) is 0 Å². The van der Waals surface area contributed by atoms with E-state index in [0.29, 0.717) is 36.6 Å². The van der Waals surface area contributed by atoms with Crippen molar-refractivity contribution in [1.29, 1.82) is 0 Å². The summed E-state index contributed by atoms with van der Waals surface area (Å²) in [6, 6.07) is 8.81. The normalized spacial score (nSPS) is 10.3. The van der Waals surface area contributed by atoms with Crippen molar-refractivity contribution in [2.75, 3.05) is 34.4 Å². The van der Waals surface area contributed by atoms with E-state index in [1.165, 1.54) is 12.3 Å². The van der Waals surface area contributed by atoms with Crippen molar-refractivity contribution in [1.82, 2.24) is 15.2 Å². The summed E-state index contributed by atoms with van der Waals surface area (Å²) in [4.78, 5) is 30.7. The number of carbonyl (C=O) groups is 2. The van der Waals surface area contributed by atoms with Crippen molar-refractivity contribution in [3.8, 4) is 11.5 Å². The van der Waals surface area contributed by atoms with Crippen molar-refractivity contribution in [3.05, 3.63) is 53.3 Å². The van der Waals surface area contributed by atoms with Crippen LogP contribution in [0.2, 0.25) is 0 Å². The zero-order valence-electron chi connectivity index (χ0n) is 17.5. The van der Waals surface area contributed by atoms with Crippen molar-refractivity contribution < 1.29 is 19.1 Å². The lowest BCUT2D eigenvalue weighted by atomic mass is 10.1. The number of pyridine rings is 1. The summed E-state index contributed by atoms with van der Waals surface area (Å²) in [5.41, 5.74) is 1.70. The van der Waals surface area contributed by atoms with Gasteiger partial charge >= 0.3 is 0 Å². The fourth-order valence-corrected chi connectivity index (χ4v) is 2.85. The lowest BCUT2D eigenvalue weighted by molar-refractivity contribution is 0.0793. The molecule has 1 aromatic carbocycles. The fraction of sp³-hybridized carbons (Fsp3) is 0.409. The molecular weight excluding hydrogens is 370 g/mol. The van der Waals surface area contributed by atoms with Crippen molar-refractivity contribution in [2.24, 2.45) is 0 Å². The summed E-state index contributed by atoms with van der Waals surface area (Å²) in [6.07, 6.45) is 4.08. The molecule has 156 valence electrons. The largest absolute Gasteiger partial charge is 0.493 e. The van der Waals surface area contributed by atoms with Crippen LogP contribution in [0, 0.1) is 0 Å². The Morgan fingerprint density at radius 2 is 1.86 bits per heavy atom. The van der Waals surface area contributed by atoms with E-state index in [2.05, 4.69) is 17.2 Å². The highest BCUT2D eigenvalue weighted by molar-refractivity contribution is 5.98. The molecule has 0 spiro atoms. The second-order valence-electron chi connectivity index (χ2n) is 6.71. The van der Waals surface area contributed by atoms with E-state index in [1.807, 2.05) is 18.2 Å². The number of amides is 2. The summed E-state index contributed by atoms with van der Waals surface area (Å²) in [5, 5.41) is 2.84. The van der Waals surface area contributed by atoms with Gasteiger partial charge in [0, 0.05) is 31.9 Å². The molecule has 7 heteroatoms. The number of methoxy groups -OCH3 is 2. The minimum Gasteiger partial charge on any atom is -0.493 e. The van der Waals surface area contributed by atoms with Gasteiger partial charge in [-0.05, 0) is 42.7 Å². The molecule has 29 heavy (non-hydrogen) atoms.